The monoisotopic (exact) mass is 256 g/mol. The first kappa shape index (κ1) is 15.5. The fraction of sp³-hybridized carbons (Fsp3) is 0.778. The van der Waals surface area contributed by atoms with E-state index in [0.29, 0.717) is 11.3 Å². The van der Waals surface area contributed by atoms with Crippen molar-refractivity contribution in [3.8, 4) is 0 Å². The Kier molecular flexibility index (Phi) is 5.77. The Morgan fingerprint density at radius 1 is 1.29 bits per heavy atom. The van der Waals surface area contributed by atoms with Crippen LogP contribution in [0.4, 0.5) is 18.0 Å². The number of aliphatic carboxylic acids is 1. The predicted molar refractivity (Wildman–Crippen MR) is 53.6 cm³/mol. The number of urea groups is 1. The standard InChI is InChI=1S/C9H15F3N2O3/c1-3-4-14(6-9(10,11)12)8(17)13(2)5-7(15)16/h3-6H2,1-2H3,(H,15,16). The number of carboxylic acids is 1. The molecule has 0 saturated heterocycles. The molecule has 0 aromatic carbocycles. The van der Waals surface area contributed by atoms with Crippen LogP contribution in [0.2, 0.25) is 0 Å². The Hall–Kier alpha value is -1.47. The average molecular weight is 256 g/mol. The number of carboxylic acid groups (broad SMARTS) is 1. The minimum Gasteiger partial charge on any atom is -0.480 e. The molecule has 0 saturated carbocycles. The molecule has 5 nitrogen and oxygen atoms in total. The number of carbonyl (C=O) groups is 2. The van der Waals surface area contributed by atoms with Gasteiger partial charge in [-0.3, -0.25) is 4.79 Å². The smallest absolute Gasteiger partial charge is 0.406 e. The number of halogens is 3. The van der Waals surface area contributed by atoms with Crippen molar-refractivity contribution in [2.75, 3.05) is 26.7 Å². The lowest BCUT2D eigenvalue weighted by molar-refractivity contribution is -0.141. The molecule has 0 aromatic rings. The van der Waals surface area contributed by atoms with Crippen LogP contribution in [0.3, 0.4) is 0 Å². The van der Waals surface area contributed by atoms with E-state index in [1.54, 1.807) is 6.92 Å². The number of rotatable bonds is 5. The highest BCUT2D eigenvalue weighted by Crippen LogP contribution is 2.17. The SMILES string of the molecule is CCCN(CC(F)(F)F)C(=O)N(C)CC(=O)O. The topological polar surface area (TPSA) is 60.9 Å². The highest BCUT2D eigenvalue weighted by molar-refractivity contribution is 5.79. The first-order valence-electron chi connectivity index (χ1n) is 4.96. The summed E-state index contributed by atoms with van der Waals surface area (Å²) in [5.74, 6) is -1.27. The van der Waals surface area contributed by atoms with Crippen molar-refractivity contribution < 1.29 is 27.9 Å². The maximum atomic E-state index is 12.2. The molecule has 0 unspecified atom stereocenters. The largest absolute Gasteiger partial charge is 0.480 e. The van der Waals surface area contributed by atoms with Crippen molar-refractivity contribution in [1.82, 2.24) is 9.80 Å². The third kappa shape index (κ3) is 6.64. The lowest BCUT2D eigenvalue weighted by Gasteiger charge is -2.27. The van der Waals surface area contributed by atoms with E-state index >= 15 is 0 Å². The molecular formula is C9H15F3N2O3. The number of carbonyl (C=O) groups excluding carboxylic acids is 1. The molecule has 0 fully saturated rings. The molecule has 0 atom stereocenters. The van der Waals surface area contributed by atoms with Gasteiger partial charge in [-0.05, 0) is 6.42 Å². The molecule has 0 aliphatic carbocycles. The van der Waals surface area contributed by atoms with Crippen molar-refractivity contribution in [3.05, 3.63) is 0 Å². The molecule has 17 heavy (non-hydrogen) atoms. The van der Waals surface area contributed by atoms with Crippen LogP contribution in [0, 0.1) is 0 Å². The van der Waals surface area contributed by atoms with Gasteiger partial charge in [0, 0.05) is 13.6 Å². The summed E-state index contributed by atoms with van der Waals surface area (Å²) in [5, 5.41) is 8.44. The average Bonchev–Trinajstić information content (AvgIpc) is 2.12. The van der Waals surface area contributed by atoms with Gasteiger partial charge in [-0.25, -0.2) is 4.79 Å². The quantitative estimate of drug-likeness (QED) is 0.808. The number of alkyl halides is 3. The zero-order valence-electron chi connectivity index (χ0n) is 9.62. The maximum absolute atomic E-state index is 12.2. The van der Waals surface area contributed by atoms with Crippen LogP contribution in [0.1, 0.15) is 13.3 Å². The van der Waals surface area contributed by atoms with Gasteiger partial charge in [0.15, 0.2) is 0 Å². The third-order valence-corrected chi connectivity index (χ3v) is 1.83. The molecular weight excluding hydrogens is 241 g/mol. The van der Waals surface area contributed by atoms with E-state index in [9.17, 15) is 22.8 Å². The number of likely N-dealkylation sites (N-methyl/N-ethyl adjacent to an activating group) is 1. The van der Waals surface area contributed by atoms with Crippen LogP contribution in [-0.2, 0) is 4.79 Å². The van der Waals surface area contributed by atoms with Gasteiger partial charge in [-0.15, -0.1) is 0 Å². The molecule has 0 radical (unpaired) electrons. The van der Waals surface area contributed by atoms with Crippen molar-refractivity contribution in [2.24, 2.45) is 0 Å². The normalized spacial score (nSPS) is 11.1. The van der Waals surface area contributed by atoms with Crippen molar-refractivity contribution in [1.29, 1.82) is 0 Å². The van der Waals surface area contributed by atoms with Gasteiger partial charge < -0.3 is 14.9 Å². The first-order valence-corrected chi connectivity index (χ1v) is 4.96. The summed E-state index contributed by atoms with van der Waals surface area (Å²) in [5.41, 5.74) is 0. The molecule has 0 aromatic heterocycles. The lowest BCUT2D eigenvalue weighted by Crippen LogP contribution is -2.47. The lowest BCUT2D eigenvalue weighted by atomic mass is 10.4. The Balaban J connectivity index is 4.58. The van der Waals surface area contributed by atoms with Crippen molar-refractivity contribution in [2.45, 2.75) is 19.5 Å². The van der Waals surface area contributed by atoms with Gasteiger partial charge in [0.05, 0.1) is 0 Å². The highest BCUT2D eigenvalue weighted by Gasteiger charge is 2.33. The van der Waals surface area contributed by atoms with Crippen LogP contribution < -0.4 is 0 Å². The first-order chi connectivity index (χ1) is 7.67. The van der Waals surface area contributed by atoms with Crippen LogP contribution >= 0.6 is 0 Å². The van der Waals surface area contributed by atoms with Gasteiger partial charge in [0.1, 0.15) is 13.1 Å². The van der Waals surface area contributed by atoms with E-state index in [2.05, 4.69) is 0 Å². The second-order valence-electron chi connectivity index (χ2n) is 3.57. The fourth-order valence-electron chi connectivity index (χ4n) is 1.24. The number of hydrogen-bond acceptors (Lipinski definition) is 2. The summed E-state index contributed by atoms with van der Waals surface area (Å²) in [6.07, 6.45) is -4.13. The zero-order chi connectivity index (χ0) is 13.6. The minimum atomic E-state index is -4.49. The summed E-state index contributed by atoms with van der Waals surface area (Å²) in [4.78, 5) is 23.2. The molecule has 0 aliphatic rings. The molecule has 8 heteroatoms. The summed E-state index contributed by atoms with van der Waals surface area (Å²) < 4.78 is 36.6. The zero-order valence-corrected chi connectivity index (χ0v) is 9.62. The molecule has 0 bridgehead atoms. The van der Waals surface area contributed by atoms with Gasteiger partial charge >= 0.3 is 18.2 Å². The van der Waals surface area contributed by atoms with Gasteiger partial charge in [0.25, 0.3) is 0 Å². The molecule has 1 N–H and O–H groups in total. The van der Waals surface area contributed by atoms with Crippen molar-refractivity contribution in [3.63, 3.8) is 0 Å². The Bertz CT molecular complexity index is 281. The van der Waals surface area contributed by atoms with E-state index in [-0.39, 0.29) is 6.54 Å². The van der Waals surface area contributed by atoms with E-state index in [1.807, 2.05) is 0 Å². The Morgan fingerprint density at radius 3 is 2.18 bits per heavy atom. The van der Waals surface area contributed by atoms with Gasteiger partial charge in [-0.2, -0.15) is 13.2 Å². The number of hydrogen-bond donors (Lipinski definition) is 1. The maximum Gasteiger partial charge on any atom is 0.406 e. The van der Waals surface area contributed by atoms with Gasteiger partial charge in [-0.1, -0.05) is 6.92 Å². The fourth-order valence-corrected chi connectivity index (χ4v) is 1.24. The minimum absolute atomic E-state index is 0.0672. The third-order valence-electron chi connectivity index (χ3n) is 1.83. The van der Waals surface area contributed by atoms with Crippen LogP contribution in [0.15, 0.2) is 0 Å². The Labute approximate surface area is 96.8 Å². The van der Waals surface area contributed by atoms with E-state index in [1.165, 1.54) is 0 Å². The molecule has 0 spiro atoms. The van der Waals surface area contributed by atoms with E-state index in [0.717, 1.165) is 11.9 Å². The molecule has 100 valence electrons. The summed E-state index contributed by atoms with van der Waals surface area (Å²) in [6, 6.07) is -0.938. The summed E-state index contributed by atoms with van der Waals surface area (Å²) >= 11 is 0. The van der Waals surface area contributed by atoms with Crippen LogP contribution in [0.5, 0.6) is 0 Å². The second-order valence-corrected chi connectivity index (χ2v) is 3.57. The van der Waals surface area contributed by atoms with Crippen molar-refractivity contribution >= 4 is 12.0 Å². The van der Waals surface area contributed by atoms with E-state index in [4.69, 9.17) is 5.11 Å². The molecule has 0 rings (SSSR count). The molecule has 0 heterocycles. The van der Waals surface area contributed by atoms with Crippen LogP contribution in [0.25, 0.3) is 0 Å². The highest BCUT2D eigenvalue weighted by atomic mass is 19.4. The predicted octanol–water partition coefficient (Wildman–Crippen LogP) is 1.40. The number of nitrogens with zero attached hydrogens (tertiary/aromatic N) is 2. The Morgan fingerprint density at radius 2 is 1.82 bits per heavy atom. The molecule has 0 aliphatic heterocycles. The number of amides is 2. The van der Waals surface area contributed by atoms with Crippen LogP contribution in [-0.4, -0.2) is 59.8 Å². The second kappa shape index (κ2) is 6.31. The van der Waals surface area contributed by atoms with E-state index < -0.39 is 31.3 Å². The summed E-state index contributed by atoms with van der Waals surface area (Å²) in [6.45, 7) is -0.434. The summed E-state index contributed by atoms with van der Waals surface area (Å²) in [7, 11) is 1.15. The molecule has 2 amide bonds. The van der Waals surface area contributed by atoms with Gasteiger partial charge in [0.2, 0.25) is 0 Å².